The highest BCUT2D eigenvalue weighted by Crippen LogP contribution is 2.28. The van der Waals surface area contributed by atoms with Gasteiger partial charge in [0.2, 0.25) is 5.91 Å². The Morgan fingerprint density at radius 1 is 1.08 bits per heavy atom. The van der Waals surface area contributed by atoms with Crippen molar-refractivity contribution in [1.29, 1.82) is 0 Å². The van der Waals surface area contributed by atoms with E-state index < -0.39 is 0 Å². The molecule has 1 amide bonds. The van der Waals surface area contributed by atoms with Crippen LogP contribution < -0.4 is 10.2 Å². The number of hydrogen-bond donors (Lipinski definition) is 1. The summed E-state index contributed by atoms with van der Waals surface area (Å²) >= 11 is 0. The first-order valence-electron chi connectivity index (χ1n) is 8.95. The molecule has 1 atom stereocenters. The molecule has 5 heteroatoms. The molecule has 1 N–H and O–H groups in total. The van der Waals surface area contributed by atoms with E-state index in [9.17, 15) is 4.79 Å². The SMILES string of the molecule is CNCCC1CCN(C2CCN(c3ccc(C)cc3)C2=O)CC1.Cl. The summed E-state index contributed by atoms with van der Waals surface area (Å²) in [6, 6.07) is 8.41. The second-order valence-corrected chi connectivity index (χ2v) is 7.00. The van der Waals surface area contributed by atoms with Gasteiger partial charge in [-0.05, 0) is 77.3 Å². The lowest BCUT2D eigenvalue weighted by Crippen LogP contribution is -2.46. The van der Waals surface area contributed by atoms with Gasteiger partial charge in [-0.2, -0.15) is 0 Å². The van der Waals surface area contributed by atoms with Crippen molar-refractivity contribution >= 4 is 24.0 Å². The lowest BCUT2D eigenvalue weighted by Gasteiger charge is -2.35. The zero-order valence-corrected chi connectivity index (χ0v) is 15.6. The lowest BCUT2D eigenvalue weighted by atomic mass is 9.92. The van der Waals surface area contributed by atoms with Crippen LogP contribution in [0.2, 0.25) is 0 Å². The number of aryl methyl sites for hydroxylation is 1. The molecule has 4 nitrogen and oxygen atoms in total. The Morgan fingerprint density at radius 2 is 1.75 bits per heavy atom. The third-order valence-electron chi connectivity index (χ3n) is 5.42. The van der Waals surface area contributed by atoms with E-state index in [1.54, 1.807) is 0 Å². The minimum atomic E-state index is 0. The Morgan fingerprint density at radius 3 is 2.38 bits per heavy atom. The van der Waals surface area contributed by atoms with Crippen LogP contribution >= 0.6 is 12.4 Å². The maximum absolute atomic E-state index is 12.8. The smallest absolute Gasteiger partial charge is 0.244 e. The van der Waals surface area contributed by atoms with Crippen LogP contribution in [0.15, 0.2) is 24.3 Å². The number of halogens is 1. The van der Waals surface area contributed by atoms with Crippen molar-refractivity contribution in [2.45, 2.75) is 38.6 Å². The summed E-state index contributed by atoms with van der Waals surface area (Å²) in [4.78, 5) is 17.2. The second kappa shape index (κ2) is 8.84. The van der Waals surface area contributed by atoms with Crippen LogP contribution in [0.3, 0.4) is 0 Å². The van der Waals surface area contributed by atoms with Crippen molar-refractivity contribution in [2.24, 2.45) is 5.92 Å². The molecular formula is C19H30ClN3O. The van der Waals surface area contributed by atoms with Gasteiger partial charge >= 0.3 is 0 Å². The van der Waals surface area contributed by atoms with E-state index in [4.69, 9.17) is 0 Å². The Hall–Kier alpha value is -1.10. The number of nitrogens with one attached hydrogen (secondary N) is 1. The molecule has 24 heavy (non-hydrogen) atoms. The van der Waals surface area contributed by atoms with Crippen molar-refractivity contribution in [1.82, 2.24) is 10.2 Å². The predicted octanol–water partition coefficient (Wildman–Crippen LogP) is 2.84. The molecule has 1 unspecified atom stereocenters. The molecular weight excluding hydrogens is 322 g/mol. The Labute approximate surface area is 152 Å². The van der Waals surface area contributed by atoms with Crippen LogP contribution in [-0.4, -0.2) is 50.1 Å². The summed E-state index contributed by atoms with van der Waals surface area (Å²) in [6.45, 7) is 6.19. The third kappa shape index (κ3) is 4.29. The molecule has 0 bridgehead atoms. The number of nitrogens with zero attached hydrogens (tertiary/aromatic N) is 2. The molecule has 2 fully saturated rings. The summed E-state index contributed by atoms with van der Waals surface area (Å²) in [6.07, 6.45) is 4.69. The molecule has 2 aliphatic heterocycles. The van der Waals surface area contributed by atoms with E-state index >= 15 is 0 Å². The molecule has 3 rings (SSSR count). The first kappa shape index (κ1) is 19.2. The van der Waals surface area contributed by atoms with Crippen LogP contribution in [-0.2, 0) is 4.79 Å². The second-order valence-electron chi connectivity index (χ2n) is 7.00. The fourth-order valence-electron chi connectivity index (χ4n) is 3.89. The number of carbonyl (C=O) groups is 1. The minimum absolute atomic E-state index is 0. The first-order valence-corrected chi connectivity index (χ1v) is 8.95. The highest BCUT2D eigenvalue weighted by molar-refractivity contribution is 5.99. The number of benzene rings is 1. The zero-order valence-electron chi connectivity index (χ0n) is 14.8. The number of piperidine rings is 1. The van der Waals surface area contributed by atoms with E-state index in [0.717, 1.165) is 44.2 Å². The van der Waals surface area contributed by atoms with Gasteiger partial charge in [-0.1, -0.05) is 17.7 Å². The molecule has 0 spiro atoms. The molecule has 0 radical (unpaired) electrons. The standard InChI is InChI=1S/C19H29N3O.ClH/c1-15-3-5-17(6-4-15)22-14-10-18(19(22)23)21-12-8-16(9-13-21)7-11-20-2;/h3-6,16,18,20H,7-14H2,1-2H3;1H. The van der Waals surface area contributed by atoms with Gasteiger partial charge in [0.1, 0.15) is 0 Å². The Kier molecular flexibility index (Phi) is 7.08. The number of hydrogen-bond acceptors (Lipinski definition) is 3. The van der Waals surface area contributed by atoms with Gasteiger partial charge in [0, 0.05) is 12.2 Å². The Balaban J connectivity index is 0.00000208. The molecule has 2 heterocycles. The molecule has 1 aromatic carbocycles. The Bertz CT molecular complexity index is 526. The third-order valence-corrected chi connectivity index (χ3v) is 5.42. The van der Waals surface area contributed by atoms with Crippen molar-refractivity contribution in [3.05, 3.63) is 29.8 Å². The average Bonchev–Trinajstić information content (AvgIpc) is 2.96. The van der Waals surface area contributed by atoms with E-state index in [-0.39, 0.29) is 18.4 Å². The molecule has 0 aromatic heterocycles. The van der Waals surface area contributed by atoms with E-state index in [1.165, 1.54) is 24.8 Å². The predicted molar refractivity (Wildman–Crippen MR) is 102 cm³/mol. The van der Waals surface area contributed by atoms with Crippen molar-refractivity contribution in [2.75, 3.05) is 38.1 Å². The van der Waals surface area contributed by atoms with Crippen LogP contribution in [0.4, 0.5) is 5.69 Å². The van der Waals surface area contributed by atoms with E-state index in [2.05, 4.69) is 41.4 Å². The van der Waals surface area contributed by atoms with Crippen LogP contribution in [0.5, 0.6) is 0 Å². The number of anilines is 1. The first-order chi connectivity index (χ1) is 11.2. The maximum atomic E-state index is 12.8. The average molecular weight is 352 g/mol. The van der Waals surface area contributed by atoms with Crippen molar-refractivity contribution < 1.29 is 4.79 Å². The maximum Gasteiger partial charge on any atom is 0.244 e. The normalized spacial score (nSPS) is 22.7. The number of rotatable bonds is 5. The van der Waals surface area contributed by atoms with Crippen LogP contribution in [0, 0.1) is 12.8 Å². The van der Waals surface area contributed by atoms with Gasteiger partial charge in [0.25, 0.3) is 0 Å². The van der Waals surface area contributed by atoms with E-state index in [1.807, 2.05) is 11.9 Å². The fourth-order valence-corrected chi connectivity index (χ4v) is 3.89. The quantitative estimate of drug-likeness (QED) is 0.886. The number of carbonyl (C=O) groups excluding carboxylic acids is 1. The monoisotopic (exact) mass is 351 g/mol. The molecule has 2 aliphatic rings. The van der Waals surface area contributed by atoms with Gasteiger partial charge in [-0.15, -0.1) is 12.4 Å². The van der Waals surface area contributed by atoms with Crippen molar-refractivity contribution in [3.8, 4) is 0 Å². The summed E-state index contributed by atoms with van der Waals surface area (Å²) in [5.41, 5.74) is 2.28. The molecule has 2 saturated heterocycles. The topological polar surface area (TPSA) is 35.6 Å². The van der Waals surface area contributed by atoms with Gasteiger partial charge in [-0.3, -0.25) is 9.69 Å². The minimum Gasteiger partial charge on any atom is -0.320 e. The number of likely N-dealkylation sites (tertiary alicyclic amines) is 1. The van der Waals surface area contributed by atoms with Crippen LogP contribution in [0.1, 0.15) is 31.2 Å². The lowest BCUT2D eigenvalue weighted by molar-refractivity contribution is -0.122. The summed E-state index contributed by atoms with van der Waals surface area (Å²) in [7, 11) is 2.02. The van der Waals surface area contributed by atoms with Crippen LogP contribution in [0.25, 0.3) is 0 Å². The zero-order chi connectivity index (χ0) is 16.2. The largest absolute Gasteiger partial charge is 0.320 e. The highest BCUT2D eigenvalue weighted by atomic mass is 35.5. The van der Waals surface area contributed by atoms with Gasteiger partial charge < -0.3 is 10.2 Å². The summed E-state index contributed by atoms with van der Waals surface area (Å²) < 4.78 is 0. The van der Waals surface area contributed by atoms with E-state index in [0.29, 0.717) is 5.91 Å². The molecule has 0 aliphatic carbocycles. The van der Waals surface area contributed by atoms with Gasteiger partial charge in [0.05, 0.1) is 6.04 Å². The van der Waals surface area contributed by atoms with Gasteiger partial charge in [-0.25, -0.2) is 0 Å². The molecule has 0 saturated carbocycles. The number of amides is 1. The van der Waals surface area contributed by atoms with Crippen molar-refractivity contribution in [3.63, 3.8) is 0 Å². The highest BCUT2D eigenvalue weighted by Gasteiger charge is 2.37. The van der Waals surface area contributed by atoms with Gasteiger partial charge in [0.15, 0.2) is 0 Å². The molecule has 1 aromatic rings. The summed E-state index contributed by atoms with van der Waals surface area (Å²) in [5, 5.41) is 3.24. The molecule has 134 valence electrons. The fraction of sp³-hybridized carbons (Fsp3) is 0.632. The summed E-state index contributed by atoms with van der Waals surface area (Å²) in [5.74, 6) is 1.12.